The zero-order valence-corrected chi connectivity index (χ0v) is 18.1. The Balaban J connectivity index is 1.60. The Bertz CT molecular complexity index is 1270. The van der Waals surface area contributed by atoms with Crippen molar-refractivity contribution >= 4 is 28.8 Å². The molecule has 4 aromatic rings. The van der Waals surface area contributed by atoms with Crippen molar-refractivity contribution in [2.24, 2.45) is 0 Å². The fourth-order valence-corrected chi connectivity index (χ4v) is 4.43. The molecule has 1 atom stereocenters. The van der Waals surface area contributed by atoms with Crippen molar-refractivity contribution in [2.45, 2.75) is 6.10 Å². The molecule has 8 heteroatoms. The average Bonchev–Trinajstić information content (AvgIpc) is 3.53. The number of thiophene rings is 1. The van der Waals surface area contributed by atoms with Gasteiger partial charge in [-0.1, -0.05) is 36.4 Å². The van der Waals surface area contributed by atoms with E-state index in [0.29, 0.717) is 22.7 Å². The molecule has 0 saturated heterocycles. The molecule has 3 heterocycles. The summed E-state index contributed by atoms with van der Waals surface area (Å²) in [5.74, 6) is -0.0233. The highest BCUT2D eigenvalue weighted by molar-refractivity contribution is 7.13. The van der Waals surface area contributed by atoms with Crippen molar-refractivity contribution in [3.8, 4) is 22.0 Å². The quantitative estimate of drug-likeness (QED) is 0.520. The van der Waals surface area contributed by atoms with E-state index >= 15 is 0 Å². The highest BCUT2D eigenvalue weighted by Gasteiger charge is 2.35. The summed E-state index contributed by atoms with van der Waals surface area (Å²) in [6.07, 6.45) is 0.952. The van der Waals surface area contributed by atoms with Crippen molar-refractivity contribution in [1.82, 2.24) is 15.1 Å². The lowest BCUT2D eigenvalue weighted by molar-refractivity contribution is -0.127. The zero-order valence-electron chi connectivity index (χ0n) is 17.3. The van der Waals surface area contributed by atoms with E-state index in [1.807, 2.05) is 66.0 Å². The van der Waals surface area contributed by atoms with Gasteiger partial charge in [0.1, 0.15) is 11.4 Å². The first-order valence-corrected chi connectivity index (χ1v) is 11.0. The van der Waals surface area contributed by atoms with Crippen LogP contribution < -0.4 is 15.0 Å². The van der Waals surface area contributed by atoms with Gasteiger partial charge in [0.15, 0.2) is 6.10 Å². The van der Waals surface area contributed by atoms with Crippen LogP contribution in [0.1, 0.15) is 10.4 Å². The summed E-state index contributed by atoms with van der Waals surface area (Å²) in [7, 11) is 1.55. The highest BCUT2D eigenvalue weighted by Crippen LogP contribution is 2.36. The third-order valence-corrected chi connectivity index (χ3v) is 6.15. The predicted octanol–water partition coefficient (Wildman–Crippen LogP) is 3.75. The Morgan fingerprint density at radius 1 is 1.06 bits per heavy atom. The number of ether oxygens (including phenoxy) is 1. The molecule has 2 aromatic carbocycles. The molecular weight excluding hydrogens is 424 g/mol. The van der Waals surface area contributed by atoms with E-state index in [-0.39, 0.29) is 18.4 Å². The molecular formula is C24H20N4O3S. The minimum Gasteiger partial charge on any atom is -0.477 e. The van der Waals surface area contributed by atoms with Gasteiger partial charge < -0.3 is 15.0 Å². The number of hydrogen-bond donors (Lipinski definition) is 1. The second kappa shape index (κ2) is 8.32. The third-order valence-electron chi connectivity index (χ3n) is 5.28. The average molecular weight is 445 g/mol. The summed E-state index contributed by atoms with van der Waals surface area (Å²) in [4.78, 5) is 28.7. The van der Waals surface area contributed by atoms with Gasteiger partial charge in [0.25, 0.3) is 11.8 Å². The number of nitrogens with zero attached hydrogens (tertiary/aromatic N) is 3. The maximum Gasteiger partial charge on any atom is 0.262 e. The Labute approximate surface area is 188 Å². The van der Waals surface area contributed by atoms with Crippen LogP contribution in [-0.2, 0) is 4.79 Å². The first kappa shape index (κ1) is 20.0. The molecule has 1 aliphatic rings. The number of carbonyl (C=O) groups excluding carboxylic acids is 2. The number of nitrogens with one attached hydrogen (secondary N) is 1. The number of rotatable bonds is 4. The number of anilines is 1. The molecule has 5 rings (SSSR count). The molecule has 2 aromatic heterocycles. The summed E-state index contributed by atoms with van der Waals surface area (Å²) in [6.45, 7) is 0.107. The van der Waals surface area contributed by atoms with Gasteiger partial charge in [-0.2, -0.15) is 5.10 Å². The molecule has 0 aliphatic carbocycles. The van der Waals surface area contributed by atoms with Crippen molar-refractivity contribution < 1.29 is 14.3 Å². The molecule has 1 N–H and O–H groups in total. The largest absolute Gasteiger partial charge is 0.477 e. The van der Waals surface area contributed by atoms with Crippen LogP contribution in [-0.4, -0.2) is 41.3 Å². The zero-order chi connectivity index (χ0) is 22.1. The number of amides is 2. The van der Waals surface area contributed by atoms with Gasteiger partial charge in [-0.05, 0) is 35.7 Å². The second-order valence-corrected chi connectivity index (χ2v) is 8.20. The minimum atomic E-state index is -0.798. The van der Waals surface area contributed by atoms with Crippen molar-refractivity contribution in [3.05, 3.63) is 83.9 Å². The summed E-state index contributed by atoms with van der Waals surface area (Å²) < 4.78 is 7.57. The Morgan fingerprint density at radius 3 is 2.59 bits per heavy atom. The van der Waals surface area contributed by atoms with E-state index in [0.717, 1.165) is 10.6 Å². The smallest absolute Gasteiger partial charge is 0.262 e. The molecule has 0 unspecified atom stereocenters. The molecule has 0 saturated carbocycles. The number of aromatic nitrogens is 2. The normalized spacial score (nSPS) is 15.0. The maximum absolute atomic E-state index is 13.9. The van der Waals surface area contributed by atoms with E-state index in [9.17, 15) is 9.59 Å². The third kappa shape index (κ3) is 3.54. The van der Waals surface area contributed by atoms with Gasteiger partial charge in [-0.25, -0.2) is 4.68 Å². The highest BCUT2D eigenvalue weighted by atomic mass is 32.1. The topological polar surface area (TPSA) is 76.5 Å². The first-order valence-electron chi connectivity index (χ1n) is 10.1. The summed E-state index contributed by atoms with van der Waals surface area (Å²) in [6, 6.07) is 20.8. The Hall–Kier alpha value is -3.91. The van der Waals surface area contributed by atoms with Crippen molar-refractivity contribution in [3.63, 3.8) is 0 Å². The minimum absolute atomic E-state index is 0.107. The van der Waals surface area contributed by atoms with E-state index in [1.165, 1.54) is 11.3 Å². The monoisotopic (exact) mass is 444 g/mol. The van der Waals surface area contributed by atoms with Gasteiger partial charge in [-0.3, -0.25) is 9.59 Å². The Morgan fingerprint density at radius 2 is 1.84 bits per heavy atom. The number of likely N-dealkylation sites (N-methyl/N-ethyl adjacent to an activating group) is 1. The van der Waals surface area contributed by atoms with Gasteiger partial charge in [0.2, 0.25) is 0 Å². The van der Waals surface area contributed by atoms with Crippen LogP contribution in [0.4, 0.5) is 5.69 Å². The lowest BCUT2D eigenvalue weighted by Crippen LogP contribution is -2.50. The van der Waals surface area contributed by atoms with Crippen LogP contribution in [0.2, 0.25) is 0 Å². The molecule has 1 aliphatic heterocycles. The van der Waals surface area contributed by atoms with E-state index in [2.05, 4.69) is 5.32 Å². The van der Waals surface area contributed by atoms with Crippen LogP contribution >= 0.6 is 11.3 Å². The van der Waals surface area contributed by atoms with Gasteiger partial charge in [-0.15, -0.1) is 11.3 Å². The summed E-state index contributed by atoms with van der Waals surface area (Å²) >= 11 is 1.52. The van der Waals surface area contributed by atoms with Gasteiger partial charge in [0, 0.05) is 13.2 Å². The SMILES string of the molecule is CNC(=O)[C@@H]1CN(C(=O)c2cn(-c3ccccc3)nc2-c2cccs2)c2ccccc2O1. The second-order valence-electron chi connectivity index (χ2n) is 7.25. The standard InChI is InChI=1S/C24H20N4O3S/c1-25-23(29)20-15-27(18-10-5-6-11-19(18)31-20)24(30)17-14-28(16-8-3-2-4-9-16)26-22(17)21-12-7-13-32-21/h2-14,20H,15H2,1H3,(H,25,29)/t20-/m0/s1. The number of hydrogen-bond acceptors (Lipinski definition) is 5. The van der Waals surface area contributed by atoms with E-state index in [4.69, 9.17) is 9.84 Å². The lowest BCUT2D eigenvalue weighted by Gasteiger charge is -2.33. The molecule has 0 fully saturated rings. The molecule has 2 amide bonds. The number of benzene rings is 2. The van der Waals surface area contributed by atoms with Gasteiger partial charge >= 0.3 is 0 Å². The lowest BCUT2D eigenvalue weighted by atomic mass is 10.1. The van der Waals surface area contributed by atoms with Gasteiger partial charge in [0.05, 0.1) is 28.4 Å². The molecule has 160 valence electrons. The first-order chi connectivity index (χ1) is 15.7. The fraction of sp³-hybridized carbons (Fsp3) is 0.125. The number of para-hydroxylation sites is 3. The molecule has 0 radical (unpaired) electrons. The van der Waals surface area contributed by atoms with Crippen LogP contribution in [0.25, 0.3) is 16.3 Å². The number of fused-ring (bicyclic) bond motifs is 1. The van der Waals surface area contributed by atoms with Crippen molar-refractivity contribution in [1.29, 1.82) is 0 Å². The van der Waals surface area contributed by atoms with Crippen LogP contribution in [0.5, 0.6) is 5.75 Å². The maximum atomic E-state index is 13.9. The molecule has 0 bridgehead atoms. The Kier molecular flexibility index (Phi) is 5.20. The fourth-order valence-electron chi connectivity index (χ4n) is 3.71. The molecule has 0 spiro atoms. The van der Waals surface area contributed by atoms with E-state index in [1.54, 1.807) is 28.9 Å². The summed E-state index contributed by atoms with van der Waals surface area (Å²) in [5, 5.41) is 9.30. The van der Waals surface area contributed by atoms with E-state index < -0.39 is 6.10 Å². The predicted molar refractivity (Wildman–Crippen MR) is 123 cm³/mol. The molecule has 32 heavy (non-hydrogen) atoms. The van der Waals surface area contributed by atoms with Crippen molar-refractivity contribution in [2.75, 3.05) is 18.5 Å². The van der Waals surface area contributed by atoms with Crippen LogP contribution in [0.15, 0.2) is 78.3 Å². The summed E-state index contributed by atoms with van der Waals surface area (Å²) in [5.41, 5.74) is 2.55. The molecule has 7 nitrogen and oxygen atoms in total. The number of carbonyl (C=O) groups is 2. The van der Waals surface area contributed by atoms with Crippen LogP contribution in [0, 0.1) is 0 Å². The van der Waals surface area contributed by atoms with Crippen LogP contribution in [0.3, 0.4) is 0 Å².